The van der Waals surface area contributed by atoms with Gasteiger partial charge in [-0.3, -0.25) is 8.77 Å². The Morgan fingerprint density at radius 1 is 0.951 bits per heavy atom. The number of carbonyl (C=O) groups is 1. The number of methoxy groups -OCH3 is 1. The standard InChI is InChI=1S/C32H22Cl2F3NO2S/c1-40-32(39)23-16-22(23)18-4-2-5-19(14-18)30-28(29-25(33)6-3-7-26(29)34)24-15-20(35)10-13-27(24)38(30)41-21-11-8-17(9-12-21)31(36)37/h2-15,22-23,31H,16H2,1H3. The summed E-state index contributed by atoms with van der Waals surface area (Å²) >= 11 is 14.8. The monoisotopic (exact) mass is 611 g/mol. The molecule has 1 saturated carbocycles. The summed E-state index contributed by atoms with van der Waals surface area (Å²) in [6.07, 6.45) is -1.88. The molecular weight excluding hydrogens is 590 g/mol. The summed E-state index contributed by atoms with van der Waals surface area (Å²) in [5, 5.41) is 1.39. The number of carbonyl (C=O) groups excluding carboxylic acids is 1. The Morgan fingerprint density at radius 2 is 1.66 bits per heavy atom. The lowest BCUT2D eigenvalue weighted by Crippen LogP contribution is -2.04. The first-order valence-corrected chi connectivity index (χ1v) is 14.3. The zero-order valence-electron chi connectivity index (χ0n) is 21.6. The minimum atomic E-state index is -2.58. The highest BCUT2D eigenvalue weighted by Crippen LogP contribution is 2.51. The van der Waals surface area contributed by atoms with Gasteiger partial charge in [-0.05, 0) is 78.4 Å². The van der Waals surface area contributed by atoms with Gasteiger partial charge in [0.15, 0.2) is 0 Å². The third-order valence-electron chi connectivity index (χ3n) is 7.31. The van der Waals surface area contributed by atoms with Gasteiger partial charge >= 0.3 is 5.97 Å². The number of alkyl halides is 2. The number of benzene rings is 4. The number of esters is 1. The number of fused-ring (bicyclic) bond motifs is 1. The van der Waals surface area contributed by atoms with Crippen LogP contribution in [-0.2, 0) is 9.53 Å². The Kier molecular flexibility index (Phi) is 7.53. The number of hydrogen-bond acceptors (Lipinski definition) is 3. The van der Waals surface area contributed by atoms with Crippen molar-refractivity contribution in [1.29, 1.82) is 0 Å². The maximum absolute atomic E-state index is 14.8. The van der Waals surface area contributed by atoms with Crippen LogP contribution in [0.2, 0.25) is 10.0 Å². The average Bonchev–Trinajstić information content (AvgIpc) is 3.71. The van der Waals surface area contributed by atoms with E-state index in [0.717, 1.165) is 11.1 Å². The van der Waals surface area contributed by atoms with Gasteiger partial charge in [-0.1, -0.05) is 59.6 Å². The Hall–Kier alpha value is -3.39. The van der Waals surface area contributed by atoms with E-state index in [1.54, 1.807) is 36.4 Å². The van der Waals surface area contributed by atoms with Gasteiger partial charge in [0.2, 0.25) is 0 Å². The molecule has 1 fully saturated rings. The van der Waals surface area contributed by atoms with Crippen LogP contribution in [0.25, 0.3) is 33.3 Å². The molecule has 208 valence electrons. The van der Waals surface area contributed by atoms with Crippen LogP contribution in [0.5, 0.6) is 0 Å². The smallest absolute Gasteiger partial charge is 0.309 e. The molecular formula is C32H22Cl2F3NO2S. The van der Waals surface area contributed by atoms with Gasteiger partial charge in [-0.15, -0.1) is 0 Å². The highest BCUT2D eigenvalue weighted by atomic mass is 35.5. The first kappa shape index (κ1) is 27.8. The second kappa shape index (κ2) is 11.1. The van der Waals surface area contributed by atoms with Crippen LogP contribution in [0.1, 0.15) is 29.9 Å². The van der Waals surface area contributed by atoms with E-state index in [-0.39, 0.29) is 23.4 Å². The zero-order valence-corrected chi connectivity index (χ0v) is 23.9. The second-order valence-electron chi connectivity index (χ2n) is 9.83. The maximum atomic E-state index is 14.8. The lowest BCUT2D eigenvalue weighted by atomic mass is 9.96. The summed E-state index contributed by atoms with van der Waals surface area (Å²) in [7, 11) is 1.39. The molecule has 0 aliphatic heterocycles. The Labute approximate surface area is 249 Å². The molecule has 6 rings (SSSR count). The van der Waals surface area contributed by atoms with Crippen LogP contribution >= 0.6 is 35.1 Å². The van der Waals surface area contributed by atoms with Crippen LogP contribution in [0.15, 0.2) is 89.8 Å². The summed E-state index contributed by atoms with van der Waals surface area (Å²) in [5.74, 6) is -0.837. The van der Waals surface area contributed by atoms with E-state index in [2.05, 4.69) is 0 Å². The number of nitrogens with zero attached hydrogens (tertiary/aromatic N) is 1. The van der Waals surface area contributed by atoms with Crippen molar-refractivity contribution >= 4 is 52.0 Å². The summed E-state index contributed by atoms with van der Waals surface area (Å²) < 4.78 is 48.1. The molecule has 41 heavy (non-hydrogen) atoms. The number of aromatic nitrogens is 1. The molecule has 4 aromatic carbocycles. The van der Waals surface area contributed by atoms with Gasteiger partial charge < -0.3 is 4.74 Å². The van der Waals surface area contributed by atoms with Crippen LogP contribution in [0.4, 0.5) is 13.2 Å². The normalized spacial score (nSPS) is 16.4. The molecule has 1 aliphatic rings. The van der Waals surface area contributed by atoms with Gasteiger partial charge in [0, 0.05) is 42.6 Å². The van der Waals surface area contributed by atoms with Crippen molar-refractivity contribution in [2.24, 2.45) is 5.92 Å². The number of rotatable bonds is 7. The molecule has 0 bridgehead atoms. The van der Waals surface area contributed by atoms with E-state index < -0.39 is 12.2 Å². The fourth-order valence-electron chi connectivity index (χ4n) is 5.25. The van der Waals surface area contributed by atoms with E-state index in [9.17, 15) is 18.0 Å². The van der Waals surface area contributed by atoms with E-state index in [4.69, 9.17) is 27.9 Å². The lowest BCUT2D eigenvalue weighted by molar-refractivity contribution is -0.142. The van der Waals surface area contributed by atoms with E-state index >= 15 is 0 Å². The van der Waals surface area contributed by atoms with Crippen LogP contribution in [0.3, 0.4) is 0 Å². The quantitative estimate of drug-likeness (QED) is 0.172. The molecule has 0 spiro atoms. The highest BCUT2D eigenvalue weighted by Gasteiger charge is 2.45. The molecule has 2 unspecified atom stereocenters. The van der Waals surface area contributed by atoms with Crippen LogP contribution in [-0.4, -0.2) is 17.1 Å². The third-order valence-corrected chi connectivity index (χ3v) is 8.99. The van der Waals surface area contributed by atoms with E-state index in [1.807, 2.05) is 28.2 Å². The third kappa shape index (κ3) is 5.23. The molecule has 1 aliphatic carbocycles. The number of halogens is 5. The van der Waals surface area contributed by atoms with Crippen molar-refractivity contribution in [2.75, 3.05) is 7.11 Å². The summed E-state index contributed by atoms with van der Waals surface area (Å²) in [6, 6.07) is 23.6. The van der Waals surface area contributed by atoms with Gasteiger partial charge in [0.1, 0.15) is 5.82 Å². The maximum Gasteiger partial charge on any atom is 0.309 e. The lowest BCUT2D eigenvalue weighted by Gasteiger charge is -2.15. The second-order valence-corrected chi connectivity index (χ2v) is 11.7. The first-order chi connectivity index (χ1) is 19.8. The summed E-state index contributed by atoms with van der Waals surface area (Å²) in [4.78, 5) is 12.9. The fourth-order valence-corrected chi connectivity index (χ4v) is 6.85. The van der Waals surface area contributed by atoms with Crippen molar-refractivity contribution in [3.8, 4) is 22.4 Å². The van der Waals surface area contributed by atoms with Crippen molar-refractivity contribution in [2.45, 2.75) is 23.7 Å². The SMILES string of the molecule is COC(=O)C1CC1c1cccc(-c2c(-c3c(Cl)cccc3Cl)c3cc(F)ccc3n2Sc2ccc(C(F)F)cc2)c1. The van der Waals surface area contributed by atoms with E-state index in [1.165, 1.54) is 43.3 Å². The molecule has 1 aromatic heterocycles. The average molecular weight is 613 g/mol. The summed E-state index contributed by atoms with van der Waals surface area (Å²) in [6.45, 7) is 0. The Balaban J connectivity index is 1.60. The first-order valence-electron chi connectivity index (χ1n) is 12.8. The van der Waals surface area contributed by atoms with Gasteiger partial charge in [-0.25, -0.2) is 13.2 Å². The van der Waals surface area contributed by atoms with Crippen molar-refractivity contribution in [3.05, 3.63) is 112 Å². The fraction of sp³-hybridized carbons (Fsp3) is 0.156. The van der Waals surface area contributed by atoms with Crippen molar-refractivity contribution in [1.82, 2.24) is 3.97 Å². The Bertz CT molecular complexity index is 1770. The topological polar surface area (TPSA) is 31.2 Å². The van der Waals surface area contributed by atoms with Crippen molar-refractivity contribution < 1.29 is 22.7 Å². The predicted octanol–water partition coefficient (Wildman–Crippen LogP) is 10.2. The largest absolute Gasteiger partial charge is 0.469 e. The molecule has 3 nitrogen and oxygen atoms in total. The van der Waals surface area contributed by atoms with Crippen LogP contribution in [0, 0.1) is 11.7 Å². The van der Waals surface area contributed by atoms with E-state index in [0.29, 0.717) is 49.1 Å². The van der Waals surface area contributed by atoms with Gasteiger partial charge in [-0.2, -0.15) is 0 Å². The number of hydrogen-bond donors (Lipinski definition) is 0. The molecule has 0 amide bonds. The Morgan fingerprint density at radius 3 is 2.34 bits per heavy atom. The molecule has 0 N–H and O–H groups in total. The number of ether oxygens (including phenoxy) is 1. The van der Waals surface area contributed by atoms with Gasteiger partial charge in [0.05, 0.1) is 24.2 Å². The summed E-state index contributed by atoms with van der Waals surface area (Å²) in [5.41, 5.74) is 4.30. The molecule has 2 atom stereocenters. The minimum absolute atomic E-state index is 0.0274. The van der Waals surface area contributed by atoms with Gasteiger partial charge in [0.25, 0.3) is 6.43 Å². The molecule has 0 saturated heterocycles. The molecule has 0 radical (unpaired) electrons. The zero-order chi connectivity index (χ0) is 28.8. The van der Waals surface area contributed by atoms with Crippen LogP contribution < -0.4 is 0 Å². The molecule has 5 aromatic rings. The molecule has 1 heterocycles. The minimum Gasteiger partial charge on any atom is -0.469 e. The molecule has 9 heteroatoms. The highest BCUT2D eigenvalue weighted by molar-refractivity contribution is 7.98. The predicted molar refractivity (Wildman–Crippen MR) is 158 cm³/mol. The van der Waals surface area contributed by atoms with Crippen molar-refractivity contribution in [3.63, 3.8) is 0 Å².